The first-order valence-electron chi connectivity index (χ1n) is 11.2. The molecule has 174 valence electrons. The van der Waals surface area contributed by atoms with Crippen LogP contribution < -0.4 is 5.32 Å². The summed E-state index contributed by atoms with van der Waals surface area (Å²) < 4.78 is 22.6. The van der Waals surface area contributed by atoms with Gasteiger partial charge < -0.3 is 17.7 Å². The number of benzene rings is 1. The first-order chi connectivity index (χ1) is 15.0. The van der Waals surface area contributed by atoms with Gasteiger partial charge in [0.05, 0.1) is 11.1 Å². The Labute approximate surface area is 190 Å². The van der Waals surface area contributed by atoms with Crippen LogP contribution in [0.3, 0.4) is 0 Å². The largest absolute Gasteiger partial charge is 0.500 e. The third-order valence-corrected chi connectivity index (χ3v) is 8.82. The van der Waals surface area contributed by atoms with Crippen LogP contribution in [0.25, 0.3) is 0 Å². The zero-order valence-electron chi connectivity index (χ0n) is 19.5. The molecule has 0 bridgehead atoms. The Kier molecular flexibility index (Phi) is 13.8. The molecule has 0 fully saturated rings. The molecule has 7 nitrogen and oxygen atoms in total. The van der Waals surface area contributed by atoms with Gasteiger partial charge in [-0.3, -0.25) is 14.9 Å². The molecular formula is C22H37NO6Si2. The number of carbonyl (C=O) groups excluding carboxylic acids is 2. The third-order valence-electron chi connectivity index (χ3n) is 4.47. The first kappa shape index (κ1) is 27.7. The molecule has 0 atom stereocenters. The monoisotopic (exact) mass is 467 g/mol. The summed E-state index contributed by atoms with van der Waals surface area (Å²) in [5, 5.41) is 2.35. The van der Waals surface area contributed by atoms with Crippen LogP contribution in [0.15, 0.2) is 18.2 Å². The molecule has 1 aromatic rings. The van der Waals surface area contributed by atoms with E-state index in [9.17, 15) is 9.59 Å². The minimum atomic E-state index is -2.67. The molecule has 1 aromatic carbocycles. The Hall–Kier alpha value is -1.37. The predicted octanol–water partition coefficient (Wildman–Crippen LogP) is 4.02. The Morgan fingerprint density at radius 2 is 1.55 bits per heavy atom. The van der Waals surface area contributed by atoms with E-state index < -0.39 is 8.80 Å². The molecule has 0 aliphatic carbocycles. The maximum absolute atomic E-state index is 12.0. The molecule has 31 heavy (non-hydrogen) atoms. The van der Waals surface area contributed by atoms with E-state index in [1.165, 1.54) is 12.5 Å². The van der Waals surface area contributed by atoms with Crippen molar-refractivity contribution in [2.45, 2.75) is 66.0 Å². The van der Waals surface area contributed by atoms with Gasteiger partial charge in [-0.15, -0.1) is 0 Å². The van der Waals surface area contributed by atoms with Crippen LogP contribution in [-0.4, -0.2) is 56.8 Å². The molecule has 1 aliphatic heterocycles. The van der Waals surface area contributed by atoms with Crippen molar-refractivity contribution in [3.05, 3.63) is 34.9 Å². The predicted molar refractivity (Wildman–Crippen MR) is 124 cm³/mol. The van der Waals surface area contributed by atoms with Crippen molar-refractivity contribution in [3.8, 4) is 0 Å². The topological polar surface area (TPSA) is 83.1 Å². The van der Waals surface area contributed by atoms with Crippen molar-refractivity contribution in [3.63, 3.8) is 0 Å². The average Bonchev–Trinajstić information content (AvgIpc) is 3.04. The molecule has 0 aromatic heterocycles. The lowest BCUT2D eigenvalue weighted by Gasteiger charge is -2.28. The standard InChI is InChI=1S/C17H25NO5Si.C5H12OSi/c1-4-21-24(22-5-2,23-6-3)12-8-10-13-9-7-11-14-15(13)17(20)18-16(14)19;1-3-5-7-6-4-2/h7,9,11H,4-6,8,10,12H2,1-3H3,(H,18,19,20);3-5H2,1-2H3. The second-order valence-corrected chi connectivity index (χ2v) is 10.6. The quantitative estimate of drug-likeness (QED) is 0.253. The molecule has 1 aliphatic rings. The van der Waals surface area contributed by atoms with Crippen LogP contribution in [-0.2, 0) is 24.1 Å². The zero-order chi connectivity index (χ0) is 23.1. The van der Waals surface area contributed by atoms with E-state index in [4.69, 9.17) is 17.7 Å². The number of hydrogen-bond donors (Lipinski definition) is 1. The summed E-state index contributed by atoms with van der Waals surface area (Å²) in [6.45, 7) is 12.5. The fraction of sp³-hybridized carbons (Fsp3) is 0.636. The summed E-state index contributed by atoms with van der Waals surface area (Å²) in [7, 11) is -1.94. The fourth-order valence-corrected chi connectivity index (χ4v) is 6.44. The van der Waals surface area contributed by atoms with Crippen LogP contribution in [0.4, 0.5) is 0 Å². The summed E-state index contributed by atoms with van der Waals surface area (Å²) in [6.07, 6.45) is 2.69. The Bertz CT molecular complexity index is 665. The van der Waals surface area contributed by atoms with Gasteiger partial charge in [0, 0.05) is 32.5 Å². The Morgan fingerprint density at radius 1 is 0.903 bits per heavy atom. The number of fused-ring (bicyclic) bond motifs is 1. The van der Waals surface area contributed by atoms with Gasteiger partial charge in [0.15, 0.2) is 0 Å². The second kappa shape index (κ2) is 15.4. The normalized spacial score (nSPS) is 12.9. The molecule has 2 radical (unpaired) electrons. The van der Waals surface area contributed by atoms with E-state index in [1.54, 1.807) is 6.07 Å². The molecule has 1 heterocycles. The van der Waals surface area contributed by atoms with Crippen LogP contribution >= 0.6 is 0 Å². The van der Waals surface area contributed by atoms with Gasteiger partial charge in [0.2, 0.25) is 9.76 Å². The molecule has 2 amide bonds. The highest BCUT2D eigenvalue weighted by Crippen LogP contribution is 2.24. The molecule has 0 saturated carbocycles. The number of imide groups is 1. The first-order valence-corrected chi connectivity index (χ1v) is 14.3. The fourth-order valence-electron chi connectivity index (χ4n) is 3.27. The summed E-state index contributed by atoms with van der Waals surface area (Å²) >= 11 is 0. The molecule has 9 heteroatoms. The Balaban J connectivity index is 0.000000592. The van der Waals surface area contributed by atoms with Crippen molar-refractivity contribution in [2.75, 3.05) is 26.4 Å². The van der Waals surface area contributed by atoms with Gasteiger partial charge in [-0.2, -0.15) is 0 Å². The van der Waals surface area contributed by atoms with Crippen molar-refractivity contribution in [1.82, 2.24) is 5.32 Å². The molecule has 0 unspecified atom stereocenters. The summed E-state index contributed by atoms with van der Waals surface area (Å²) in [5.41, 5.74) is 1.84. The number of amides is 2. The highest BCUT2D eigenvalue weighted by molar-refractivity contribution is 6.60. The van der Waals surface area contributed by atoms with E-state index >= 15 is 0 Å². The van der Waals surface area contributed by atoms with Crippen LogP contribution in [0.5, 0.6) is 0 Å². The highest BCUT2D eigenvalue weighted by atomic mass is 28.4. The number of nitrogens with one attached hydrogen (secondary N) is 1. The van der Waals surface area contributed by atoms with Crippen LogP contribution in [0.2, 0.25) is 12.1 Å². The number of rotatable bonds is 14. The zero-order valence-corrected chi connectivity index (χ0v) is 21.5. The van der Waals surface area contributed by atoms with Gasteiger partial charge in [-0.05, 0) is 58.2 Å². The van der Waals surface area contributed by atoms with E-state index in [-0.39, 0.29) is 11.8 Å². The van der Waals surface area contributed by atoms with Crippen molar-refractivity contribution in [1.29, 1.82) is 0 Å². The lowest BCUT2D eigenvalue weighted by Crippen LogP contribution is -2.46. The number of hydrogen-bond acceptors (Lipinski definition) is 6. The maximum Gasteiger partial charge on any atom is 0.500 e. The van der Waals surface area contributed by atoms with Crippen LogP contribution in [0, 0.1) is 0 Å². The smallest absolute Gasteiger partial charge is 0.418 e. The molecule has 0 spiro atoms. The van der Waals surface area contributed by atoms with E-state index in [0.717, 1.165) is 28.4 Å². The lowest BCUT2D eigenvalue weighted by atomic mass is 9.99. The van der Waals surface area contributed by atoms with Gasteiger partial charge in [-0.25, -0.2) is 0 Å². The SMILES string of the molecule is CCC[Si]OCC.CCO[Si](CCCc1cccc2c1C(=O)NC2=O)(OCC)OCC. The minimum Gasteiger partial charge on any atom is -0.418 e. The molecular weight excluding hydrogens is 430 g/mol. The van der Waals surface area contributed by atoms with Crippen molar-refractivity contribution < 1.29 is 27.3 Å². The molecule has 0 saturated heterocycles. The third kappa shape index (κ3) is 8.95. The Morgan fingerprint density at radius 3 is 2.10 bits per heavy atom. The maximum atomic E-state index is 12.0. The van der Waals surface area contributed by atoms with Gasteiger partial charge in [0.25, 0.3) is 11.8 Å². The van der Waals surface area contributed by atoms with Gasteiger partial charge in [0.1, 0.15) is 0 Å². The number of aryl methyl sites for hydroxylation is 1. The van der Waals surface area contributed by atoms with E-state index in [0.29, 0.717) is 43.4 Å². The van der Waals surface area contributed by atoms with E-state index in [1.807, 2.05) is 39.8 Å². The van der Waals surface area contributed by atoms with Gasteiger partial charge >= 0.3 is 8.80 Å². The summed E-state index contributed by atoms with van der Waals surface area (Å²) in [5.74, 6) is -0.632. The molecule has 1 N–H and O–H groups in total. The summed E-state index contributed by atoms with van der Waals surface area (Å²) in [4.78, 5) is 23.7. The lowest BCUT2D eigenvalue weighted by molar-refractivity contribution is 0.0708. The van der Waals surface area contributed by atoms with Gasteiger partial charge in [-0.1, -0.05) is 25.5 Å². The molecule has 2 rings (SSSR count). The average molecular weight is 468 g/mol. The highest BCUT2D eigenvalue weighted by Gasteiger charge is 2.40. The number of carbonyl (C=O) groups is 2. The van der Waals surface area contributed by atoms with Crippen molar-refractivity contribution in [2.24, 2.45) is 0 Å². The van der Waals surface area contributed by atoms with E-state index in [2.05, 4.69) is 12.2 Å². The second-order valence-electron chi connectivity index (χ2n) is 6.79. The summed E-state index contributed by atoms with van der Waals surface area (Å²) in [6, 6.07) is 7.29. The minimum absolute atomic E-state index is 0.312. The van der Waals surface area contributed by atoms with Crippen LogP contribution in [0.1, 0.15) is 73.7 Å². The van der Waals surface area contributed by atoms with Crippen molar-refractivity contribution >= 4 is 30.4 Å².